The third-order valence-electron chi connectivity index (χ3n) is 2.39. The number of aliphatic hydroxyl groups is 1. The van der Waals surface area contributed by atoms with Gasteiger partial charge in [0.2, 0.25) is 0 Å². The van der Waals surface area contributed by atoms with Gasteiger partial charge >= 0.3 is 0 Å². The molecule has 1 atom stereocenters. The lowest BCUT2D eigenvalue weighted by atomic mass is 10.2. The Morgan fingerprint density at radius 1 is 1.29 bits per heavy atom. The van der Waals surface area contributed by atoms with Crippen molar-refractivity contribution in [3.63, 3.8) is 0 Å². The normalized spacial score (nSPS) is 11.7. The summed E-state index contributed by atoms with van der Waals surface area (Å²) >= 11 is 0. The van der Waals surface area contributed by atoms with Gasteiger partial charge in [0.05, 0.1) is 6.61 Å². The SMILES string of the molecule is CCCC(O)C#CCOCc1ccc(C)cc1. The lowest BCUT2D eigenvalue weighted by Crippen LogP contribution is -2.02. The van der Waals surface area contributed by atoms with Gasteiger partial charge in [0.25, 0.3) is 0 Å². The van der Waals surface area contributed by atoms with Gasteiger partial charge in [0.1, 0.15) is 12.7 Å². The summed E-state index contributed by atoms with van der Waals surface area (Å²) in [6.07, 6.45) is 1.16. The molecular weight excluding hydrogens is 212 g/mol. The molecule has 0 aromatic heterocycles. The molecule has 2 heteroatoms. The van der Waals surface area contributed by atoms with E-state index in [1.807, 2.05) is 6.92 Å². The fraction of sp³-hybridized carbons (Fsp3) is 0.467. The minimum Gasteiger partial charge on any atom is -0.380 e. The van der Waals surface area contributed by atoms with Crippen LogP contribution < -0.4 is 0 Å². The molecule has 0 fully saturated rings. The molecule has 0 aliphatic rings. The first kappa shape index (κ1) is 13.8. The number of aryl methyl sites for hydroxylation is 1. The van der Waals surface area contributed by atoms with Crippen LogP contribution >= 0.6 is 0 Å². The highest BCUT2D eigenvalue weighted by Crippen LogP contribution is 2.04. The molecule has 0 aliphatic carbocycles. The molecule has 0 bridgehead atoms. The molecular formula is C15H20O2. The summed E-state index contributed by atoms with van der Waals surface area (Å²) in [5.74, 6) is 5.59. The largest absolute Gasteiger partial charge is 0.380 e. The molecule has 0 radical (unpaired) electrons. The number of rotatable bonds is 5. The second-order valence-electron chi connectivity index (χ2n) is 4.10. The van der Waals surface area contributed by atoms with Crippen LogP contribution in [0.3, 0.4) is 0 Å². The standard InChI is InChI=1S/C15H20O2/c1-3-5-15(16)6-4-11-17-12-14-9-7-13(2)8-10-14/h7-10,15-16H,3,5,11-12H2,1-2H3. The molecule has 92 valence electrons. The fourth-order valence-electron chi connectivity index (χ4n) is 1.41. The average Bonchev–Trinajstić information content (AvgIpc) is 2.31. The van der Waals surface area contributed by atoms with E-state index in [2.05, 4.69) is 43.0 Å². The van der Waals surface area contributed by atoms with Crippen molar-refractivity contribution in [2.24, 2.45) is 0 Å². The van der Waals surface area contributed by atoms with E-state index in [-0.39, 0.29) is 0 Å². The third kappa shape index (κ3) is 6.11. The van der Waals surface area contributed by atoms with E-state index < -0.39 is 6.10 Å². The molecule has 0 saturated carbocycles. The van der Waals surface area contributed by atoms with Crippen LogP contribution in [0.5, 0.6) is 0 Å². The maximum Gasteiger partial charge on any atom is 0.114 e. The van der Waals surface area contributed by atoms with Crippen LogP contribution in [-0.4, -0.2) is 17.8 Å². The Labute approximate surface area is 104 Å². The van der Waals surface area contributed by atoms with E-state index in [4.69, 9.17) is 4.74 Å². The summed E-state index contributed by atoms with van der Waals surface area (Å²) in [5.41, 5.74) is 2.39. The molecule has 0 spiro atoms. The van der Waals surface area contributed by atoms with Gasteiger partial charge in [-0.05, 0) is 18.9 Å². The molecule has 0 amide bonds. The van der Waals surface area contributed by atoms with Gasteiger partial charge in [-0.3, -0.25) is 0 Å². The highest BCUT2D eigenvalue weighted by molar-refractivity contribution is 5.20. The van der Waals surface area contributed by atoms with Crippen molar-refractivity contribution in [2.45, 2.75) is 39.4 Å². The van der Waals surface area contributed by atoms with Gasteiger partial charge < -0.3 is 9.84 Å². The molecule has 1 N–H and O–H groups in total. The fourth-order valence-corrected chi connectivity index (χ4v) is 1.41. The zero-order valence-corrected chi connectivity index (χ0v) is 10.6. The Balaban J connectivity index is 2.22. The van der Waals surface area contributed by atoms with Crippen molar-refractivity contribution >= 4 is 0 Å². The van der Waals surface area contributed by atoms with E-state index in [1.54, 1.807) is 0 Å². The highest BCUT2D eigenvalue weighted by Gasteiger charge is 1.94. The molecule has 0 heterocycles. The quantitative estimate of drug-likeness (QED) is 0.624. The third-order valence-corrected chi connectivity index (χ3v) is 2.39. The summed E-state index contributed by atoms with van der Waals surface area (Å²) in [5, 5.41) is 9.37. The summed E-state index contributed by atoms with van der Waals surface area (Å²) in [7, 11) is 0. The number of ether oxygens (including phenoxy) is 1. The van der Waals surface area contributed by atoms with E-state index in [0.29, 0.717) is 13.2 Å². The minimum absolute atomic E-state index is 0.370. The average molecular weight is 232 g/mol. The van der Waals surface area contributed by atoms with Gasteiger partial charge in [-0.25, -0.2) is 0 Å². The van der Waals surface area contributed by atoms with E-state index >= 15 is 0 Å². The minimum atomic E-state index is -0.511. The van der Waals surface area contributed by atoms with E-state index in [0.717, 1.165) is 18.4 Å². The van der Waals surface area contributed by atoms with Crippen molar-refractivity contribution in [2.75, 3.05) is 6.61 Å². The second kappa shape index (κ2) is 7.89. The summed E-state index contributed by atoms with van der Waals surface area (Å²) in [6, 6.07) is 8.23. The molecule has 0 saturated heterocycles. The van der Waals surface area contributed by atoms with Crippen LogP contribution in [0.2, 0.25) is 0 Å². The van der Waals surface area contributed by atoms with Gasteiger partial charge in [-0.1, -0.05) is 55.0 Å². The number of aliphatic hydroxyl groups excluding tert-OH is 1. The lowest BCUT2D eigenvalue weighted by Gasteiger charge is -2.01. The first-order valence-corrected chi connectivity index (χ1v) is 6.02. The molecule has 1 aromatic rings. The van der Waals surface area contributed by atoms with Gasteiger partial charge in [-0.15, -0.1) is 0 Å². The zero-order valence-electron chi connectivity index (χ0n) is 10.6. The number of hydrogen-bond acceptors (Lipinski definition) is 2. The van der Waals surface area contributed by atoms with Crippen LogP contribution in [0.1, 0.15) is 30.9 Å². The predicted octanol–water partition coefficient (Wildman–Crippen LogP) is 2.68. The molecule has 2 nitrogen and oxygen atoms in total. The Hall–Kier alpha value is -1.30. The first-order valence-electron chi connectivity index (χ1n) is 6.02. The van der Waals surface area contributed by atoms with Crippen LogP contribution in [-0.2, 0) is 11.3 Å². The summed E-state index contributed by atoms with van der Waals surface area (Å²) in [6.45, 7) is 5.03. The Morgan fingerprint density at radius 3 is 2.65 bits per heavy atom. The van der Waals surface area contributed by atoms with Crippen molar-refractivity contribution in [1.82, 2.24) is 0 Å². The van der Waals surface area contributed by atoms with Gasteiger partial charge in [0.15, 0.2) is 0 Å². The van der Waals surface area contributed by atoms with Crippen molar-refractivity contribution < 1.29 is 9.84 Å². The zero-order chi connectivity index (χ0) is 12.5. The molecule has 1 rings (SSSR count). The number of benzene rings is 1. The highest BCUT2D eigenvalue weighted by atomic mass is 16.5. The van der Waals surface area contributed by atoms with Gasteiger partial charge in [-0.2, -0.15) is 0 Å². The van der Waals surface area contributed by atoms with Crippen LogP contribution in [0.4, 0.5) is 0 Å². The van der Waals surface area contributed by atoms with E-state index in [1.165, 1.54) is 5.56 Å². The van der Waals surface area contributed by atoms with Crippen LogP contribution in [0, 0.1) is 18.8 Å². The van der Waals surface area contributed by atoms with Crippen molar-refractivity contribution in [3.8, 4) is 11.8 Å². The first-order chi connectivity index (χ1) is 8.22. The molecule has 1 aromatic carbocycles. The Bertz CT molecular complexity index is 370. The lowest BCUT2D eigenvalue weighted by molar-refractivity contribution is 0.152. The van der Waals surface area contributed by atoms with Crippen molar-refractivity contribution in [1.29, 1.82) is 0 Å². The smallest absolute Gasteiger partial charge is 0.114 e. The molecule has 0 aliphatic heterocycles. The van der Waals surface area contributed by atoms with E-state index in [9.17, 15) is 5.11 Å². The predicted molar refractivity (Wildman–Crippen MR) is 69.5 cm³/mol. The maximum atomic E-state index is 9.37. The van der Waals surface area contributed by atoms with Crippen LogP contribution in [0.15, 0.2) is 24.3 Å². The molecule has 1 unspecified atom stereocenters. The van der Waals surface area contributed by atoms with Gasteiger partial charge in [0, 0.05) is 0 Å². The topological polar surface area (TPSA) is 29.5 Å². The number of hydrogen-bond donors (Lipinski definition) is 1. The maximum absolute atomic E-state index is 9.37. The molecule has 17 heavy (non-hydrogen) atoms. The van der Waals surface area contributed by atoms with Crippen LogP contribution in [0.25, 0.3) is 0 Å². The Morgan fingerprint density at radius 2 is 2.00 bits per heavy atom. The monoisotopic (exact) mass is 232 g/mol. The summed E-state index contributed by atoms with van der Waals surface area (Å²) in [4.78, 5) is 0. The Kier molecular flexibility index (Phi) is 6.39. The van der Waals surface area contributed by atoms with Crippen molar-refractivity contribution in [3.05, 3.63) is 35.4 Å². The second-order valence-corrected chi connectivity index (χ2v) is 4.10. The summed E-state index contributed by atoms with van der Waals surface area (Å²) < 4.78 is 5.40.